The van der Waals surface area contributed by atoms with Gasteiger partial charge in [-0.25, -0.2) is 0 Å². The van der Waals surface area contributed by atoms with E-state index in [0.717, 1.165) is 42.3 Å². The monoisotopic (exact) mass is 587 g/mol. The van der Waals surface area contributed by atoms with Crippen LogP contribution in [0.5, 0.6) is 11.5 Å². The molecule has 1 saturated heterocycles. The van der Waals surface area contributed by atoms with Crippen molar-refractivity contribution in [2.75, 3.05) is 40.4 Å². The summed E-state index contributed by atoms with van der Waals surface area (Å²) in [6.07, 6.45) is 2.59. The molecule has 0 aliphatic carbocycles. The molecule has 226 valence electrons. The number of amides is 1. The minimum atomic E-state index is -0.149. The minimum absolute atomic E-state index is 0.149. The van der Waals surface area contributed by atoms with Gasteiger partial charge in [0.1, 0.15) is 11.5 Å². The van der Waals surface area contributed by atoms with E-state index in [1.54, 1.807) is 14.2 Å². The molecular formula is C38H41N3O3. The van der Waals surface area contributed by atoms with Crippen LogP contribution in [0.15, 0.2) is 109 Å². The van der Waals surface area contributed by atoms with Crippen LogP contribution in [0.2, 0.25) is 0 Å². The van der Waals surface area contributed by atoms with Crippen molar-refractivity contribution in [1.82, 2.24) is 14.4 Å². The van der Waals surface area contributed by atoms with E-state index in [9.17, 15) is 4.79 Å². The summed E-state index contributed by atoms with van der Waals surface area (Å²) >= 11 is 0. The number of methoxy groups -OCH3 is 2. The highest BCUT2D eigenvalue weighted by Gasteiger charge is 2.31. The molecule has 1 aromatic heterocycles. The minimum Gasteiger partial charge on any atom is -0.497 e. The summed E-state index contributed by atoms with van der Waals surface area (Å²) in [6, 6.07) is 36.0. The Hall–Kier alpha value is -4.55. The Labute approximate surface area is 260 Å². The third-order valence-corrected chi connectivity index (χ3v) is 8.95. The largest absolute Gasteiger partial charge is 0.497 e. The Bertz CT molecular complexity index is 1630. The fraction of sp³-hybridized carbons (Fsp3) is 0.289. The summed E-state index contributed by atoms with van der Waals surface area (Å²) in [4.78, 5) is 18.7. The van der Waals surface area contributed by atoms with Crippen LogP contribution in [0.1, 0.15) is 47.6 Å². The number of para-hydroxylation sites is 1. The molecule has 0 spiro atoms. The number of aromatic nitrogens is 1. The smallest absolute Gasteiger partial charge is 0.223 e. The third kappa shape index (κ3) is 6.08. The van der Waals surface area contributed by atoms with Gasteiger partial charge in [-0.1, -0.05) is 78.9 Å². The normalized spacial score (nSPS) is 14.6. The number of rotatable bonds is 10. The van der Waals surface area contributed by atoms with E-state index < -0.39 is 0 Å². The van der Waals surface area contributed by atoms with Gasteiger partial charge in [0, 0.05) is 68.2 Å². The number of fused-ring (bicyclic) bond motifs is 1. The van der Waals surface area contributed by atoms with Crippen LogP contribution in [0.25, 0.3) is 10.9 Å². The van der Waals surface area contributed by atoms with Gasteiger partial charge < -0.3 is 18.9 Å². The van der Waals surface area contributed by atoms with Crippen molar-refractivity contribution >= 4 is 16.8 Å². The molecule has 1 aliphatic rings. The molecule has 4 aromatic carbocycles. The predicted octanol–water partition coefficient (Wildman–Crippen LogP) is 7.13. The van der Waals surface area contributed by atoms with E-state index in [0.29, 0.717) is 19.5 Å². The van der Waals surface area contributed by atoms with E-state index in [4.69, 9.17) is 9.47 Å². The van der Waals surface area contributed by atoms with Crippen molar-refractivity contribution in [2.24, 2.45) is 0 Å². The van der Waals surface area contributed by atoms with Crippen LogP contribution < -0.4 is 9.47 Å². The summed E-state index contributed by atoms with van der Waals surface area (Å²) in [7, 11) is 3.33. The Kier molecular flexibility index (Phi) is 8.99. The molecule has 0 unspecified atom stereocenters. The molecule has 44 heavy (non-hydrogen) atoms. The van der Waals surface area contributed by atoms with Crippen molar-refractivity contribution in [2.45, 2.75) is 31.8 Å². The van der Waals surface area contributed by atoms with Gasteiger partial charge >= 0.3 is 0 Å². The second kappa shape index (κ2) is 13.4. The molecule has 6 nitrogen and oxygen atoms in total. The zero-order valence-electron chi connectivity index (χ0n) is 25.9. The first-order chi connectivity index (χ1) is 21.6. The quantitative estimate of drug-likeness (QED) is 0.174. The van der Waals surface area contributed by atoms with Crippen LogP contribution in [0.4, 0.5) is 0 Å². The summed E-state index contributed by atoms with van der Waals surface area (Å²) in [5.74, 6) is 1.46. The lowest BCUT2D eigenvalue weighted by atomic mass is 9.87. The zero-order valence-corrected chi connectivity index (χ0v) is 25.9. The summed E-state index contributed by atoms with van der Waals surface area (Å²) in [6.45, 7) is 6.02. The Morgan fingerprint density at radius 1 is 0.727 bits per heavy atom. The van der Waals surface area contributed by atoms with Crippen LogP contribution >= 0.6 is 0 Å². The number of carbonyl (C=O) groups is 1. The van der Waals surface area contributed by atoms with Gasteiger partial charge in [0.15, 0.2) is 0 Å². The van der Waals surface area contributed by atoms with Gasteiger partial charge in [-0.05, 0) is 47.4 Å². The third-order valence-electron chi connectivity index (χ3n) is 8.95. The van der Waals surface area contributed by atoms with Crippen molar-refractivity contribution in [1.29, 1.82) is 0 Å². The summed E-state index contributed by atoms with van der Waals surface area (Å²) in [5.41, 5.74) is 5.90. The van der Waals surface area contributed by atoms with Crippen molar-refractivity contribution in [3.8, 4) is 11.5 Å². The van der Waals surface area contributed by atoms with Crippen molar-refractivity contribution in [3.63, 3.8) is 0 Å². The van der Waals surface area contributed by atoms with E-state index >= 15 is 0 Å². The Morgan fingerprint density at radius 3 is 1.86 bits per heavy atom. The van der Waals surface area contributed by atoms with Crippen LogP contribution in [0.3, 0.4) is 0 Å². The number of ether oxygens (including phenoxy) is 2. The standard InChI is InChI=1S/C38H41N3O3/c1-4-39-27-35(33-17-11-12-18-36(33)39)34(30-23-31(43-2)25-32(24-30)44-3)26-37(42)40-19-21-41(22-20-40)38(28-13-7-5-8-14-28)29-15-9-6-10-16-29/h5-18,23-25,27,34,38H,4,19-22,26H2,1-3H3/t34-/m1/s1. The number of piperazine rings is 1. The highest BCUT2D eigenvalue weighted by molar-refractivity contribution is 5.87. The number of carbonyl (C=O) groups excluding carboxylic acids is 1. The van der Waals surface area contributed by atoms with Gasteiger partial charge in [-0.3, -0.25) is 9.69 Å². The van der Waals surface area contributed by atoms with Crippen LogP contribution in [-0.2, 0) is 11.3 Å². The molecule has 0 radical (unpaired) electrons. The summed E-state index contributed by atoms with van der Waals surface area (Å²) < 4.78 is 13.5. The second-order valence-electron chi connectivity index (χ2n) is 11.4. The maximum absolute atomic E-state index is 14.1. The number of hydrogen-bond acceptors (Lipinski definition) is 4. The summed E-state index contributed by atoms with van der Waals surface area (Å²) in [5, 5.41) is 1.17. The van der Waals surface area contributed by atoms with Gasteiger partial charge in [-0.15, -0.1) is 0 Å². The van der Waals surface area contributed by atoms with E-state index in [2.05, 4.69) is 108 Å². The highest BCUT2D eigenvalue weighted by atomic mass is 16.5. The fourth-order valence-electron chi connectivity index (χ4n) is 6.67. The molecule has 0 N–H and O–H groups in total. The molecule has 1 fully saturated rings. The fourth-order valence-corrected chi connectivity index (χ4v) is 6.67. The molecule has 6 rings (SSSR count). The molecule has 1 aliphatic heterocycles. The van der Waals surface area contributed by atoms with Crippen molar-refractivity contribution in [3.05, 3.63) is 132 Å². The molecule has 5 aromatic rings. The molecule has 2 heterocycles. The van der Waals surface area contributed by atoms with Gasteiger partial charge in [0.05, 0.1) is 20.3 Å². The van der Waals surface area contributed by atoms with Crippen LogP contribution in [0, 0.1) is 0 Å². The van der Waals surface area contributed by atoms with E-state index in [1.807, 2.05) is 23.1 Å². The van der Waals surface area contributed by atoms with Gasteiger partial charge in [-0.2, -0.15) is 0 Å². The van der Waals surface area contributed by atoms with E-state index in [-0.39, 0.29) is 17.9 Å². The lowest BCUT2D eigenvalue weighted by Gasteiger charge is -2.40. The molecular weight excluding hydrogens is 546 g/mol. The predicted molar refractivity (Wildman–Crippen MR) is 176 cm³/mol. The first-order valence-corrected chi connectivity index (χ1v) is 15.5. The zero-order chi connectivity index (χ0) is 30.5. The topological polar surface area (TPSA) is 46.9 Å². The lowest BCUT2D eigenvalue weighted by Crippen LogP contribution is -2.50. The molecule has 1 amide bonds. The number of hydrogen-bond donors (Lipinski definition) is 0. The molecule has 6 heteroatoms. The second-order valence-corrected chi connectivity index (χ2v) is 11.4. The first-order valence-electron chi connectivity index (χ1n) is 15.5. The van der Waals surface area contributed by atoms with E-state index in [1.165, 1.54) is 22.0 Å². The Morgan fingerprint density at radius 2 is 1.30 bits per heavy atom. The SMILES string of the molecule is CCn1cc([C@H](CC(=O)N2CCN(C(c3ccccc3)c3ccccc3)CC2)c2cc(OC)cc(OC)c2)c2ccccc21. The first kappa shape index (κ1) is 29.5. The highest BCUT2D eigenvalue weighted by Crippen LogP contribution is 2.38. The average Bonchev–Trinajstić information content (AvgIpc) is 3.46. The Balaban J connectivity index is 1.27. The molecule has 0 saturated carbocycles. The van der Waals surface area contributed by atoms with Crippen molar-refractivity contribution < 1.29 is 14.3 Å². The lowest BCUT2D eigenvalue weighted by molar-refractivity contribution is -0.133. The van der Waals surface area contributed by atoms with Crippen LogP contribution in [-0.4, -0.2) is 60.7 Å². The van der Waals surface area contributed by atoms with Gasteiger partial charge in [0.2, 0.25) is 5.91 Å². The maximum Gasteiger partial charge on any atom is 0.223 e. The maximum atomic E-state index is 14.1. The average molecular weight is 588 g/mol. The number of aryl methyl sites for hydroxylation is 1. The number of benzene rings is 4. The number of nitrogens with zero attached hydrogens (tertiary/aromatic N) is 3. The molecule has 1 atom stereocenters. The molecule has 0 bridgehead atoms. The van der Waals surface area contributed by atoms with Gasteiger partial charge in [0.25, 0.3) is 0 Å².